The Hall–Kier alpha value is -0.0500. The van der Waals surface area contributed by atoms with Crippen LogP contribution < -0.4 is 0 Å². The summed E-state index contributed by atoms with van der Waals surface area (Å²) in [5.41, 5.74) is 0.752. The average molecular weight is 136 g/mol. The highest BCUT2D eigenvalue weighted by molar-refractivity contribution is 6.22. The van der Waals surface area contributed by atoms with Crippen LogP contribution in [-0.4, -0.2) is 12.0 Å². The van der Waals surface area contributed by atoms with Gasteiger partial charge in [-0.15, -0.1) is 11.6 Å². The Bertz CT molecular complexity index is 82.5. The zero-order valence-corrected chi connectivity index (χ0v) is 5.44. The summed E-state index contributed by atoms with van der Waals surface area (Å²) in [7, 11) is 0. The normalized spacial score (nSPS) is 13.4. The third-order valence-electron chi connectivity index (χ3n) is 0.749. The Morgan fingerprint density at radius 3 is 2.62 bits per heavy atom. The lowest BCUT2D eigenvalue weighted by Crippen LogP contribution is -2.06. The van der Waals surface area contributed by atoms with E-state index >= 15 is 0 Å². The van der Waals surface area contributed by atoms with Crippen molar-refractivity contribution in [2.45, 2.75) is 12.3 Å². The highest BCUT2D eigenvalue weighted by atomic mass is 35.5. The van der Waals surface area contributed by atoms with Crippen LogP contribution in [-0.2, 0) is 10.1 Å². The molecule has 2 nitrogen and oxygen atoms in total. The van der Waals surface area contributed by atoms with E-state index in [1.54, 1.807) is 6.92 Å². The third-order valence-corrected chi connectivity index (χ3v) is 1.25. The molecule has 3 heteroatoms. The van der Waals surface area contributed by atoms with Crippen molar-refractivity contribution in [2.75, 3.05) is 6.61 Å². The van der Waals surface area contributed by atoms with E-state index in [0.717, 1.165) is 5.57 Å². The van der Waals surface area contributed by atoms with Crippen LogP contribution in [0.15, 0.2) is 12.2 Å². The molecule has 0 fully saturated rings. The maximum atomic E-state index is 9.42. The molecule has 0 aliphatic heterocycles. The van der Waals surface area contributed by atoms with Gasteiger partial charge in [-0.3, -0.25) is 0 Å². The van der Waals surface area contributed by atoms with Crippen LogP contribution in [0.2, 0.25) is 0 Å². The largest absolute Gasteiger partial charge is 0.202 e. The molecule has 8 heavy (non-hydrogen) atoms. The van der Waals surface area contributed by atoms with Crippen molar-refractivity contribution < 1.29 is 10.1 Å². The van der Waals surface area contributed by atoms with Gasteiger partial charge in [0.1, 0.15) is 6.61 Å². The second-order valence-corrected chi connectivity index (χ2v) is 2.13. The summed E-state index contributed by atoms with van der Waals surface area (Å²) in [6.07, 6.45) is 0. The Kier molecular flexibility index (Phi) is 3.87. The first-order chi connectivity index (χ1) is 3.68. The Morgan fingerprint density at radius 2 is 2.50 bits per heavy atom. The second kappa shape index (κ2) is 3.89. The molecule has 0 bridgehead atoms. The first kappa shape index (κ1) is 7.95. The lowest BCUT2D eigenvalue weighted by molar-refractivity contribution is -0.302. The van der Waals surface area contributed by atoms with Crippen molar-refractivity contribution in [1.82, 2.24) is 0 Å². The third kappa shape index (κ3) is 3.02. The minimum absolute atomic E-state index is 0.00309. The fraction of sp³-hybridized carbons (Fsp3) is 0.600. The van der Waals surface area contributed by atoms with E-state index in [0.29, 0.717) is 0 Å². The van der Waals surface area contributed by atoms with Crippen LogP contribution in [0.1, 0.15) is 6.92 Å². The van der Waals surface area contributed by atoms with Gasteiger partial charge < -0.3 is 0 Å². The minimum atomic E-state index is -0.340. The van der Waals surface area contributed by atoms with Crippen molar-refractivity contribution in [2.24, 2.45) is 0 Å². The zero-order chi connectivity index (χ0) is 6.57. The molecule has 0 rings (SSSR count). The van der Waals surface area contributed by atoms with Crippen LogP contribution in [0.5, 0.6) is 0 Å². The molecule has 0 saturated heterocycles. The molecule has 0 aliphatic carbocycles. The predicted molar refractivity (Wildman–Crippen MR) is 31.1 cm³/mol. The highest BCUT2D eigenvalue weighted by Crippen LogP contribution is 2.05. The van der Waals surface area contributed by atoms with Crippen LogP contribution >= 0.6 is 11.6 Å². The van der Waals surface area contributed by atoms with Gasteiger partial charge in [0, 0.05) is 0 Å². The van der Waals surface area contributed by atoms with Crippen molar-refractivity contribution in [1.29, 1.82) is 0 Å². The molecule has 1 unspecified atom stereocenters. The van der Waals surface area contributed by atoms with E-state index in [9.17, 15) is 5.26 Å². The molecule has 0 spiro atoms. The molecule has 0 N–H and O–H groups in total. The standard InChI is InChI=1S/C5H8ClO2/c1-4(2)5(6)3-8-7/h5H,1,3H2,2H3. The maximum Gasteiger partial charge on any atom is 0.106 e. The number of alkyl halides is 1. The van der Waals surface area contributed by atoms with Gasteiger partial charge in [-0.2, -0.15) is 0 Å². The van der Waals surface area contributed by atoms with E-state index in [1.807, 2.05) is 0 Å². The lowest BCUT2D eigenvalue weighted by atomic mass is 10.2. The van der Waals surface area contributed by atoms with E-state index in [1.165, 1.54) is 0 Å². The number of rotatable bonds is 3. The molecule has 1 radical (unpaired) electrons. The number of halogens is 1. The summed E-state index contributed by atoms with van der Waals surface area (Å²) in [4.78, 5) is 3.52. The molecule has 0 heterocycles. The van der Waals surface area contributed by atoms with Gasteiger partial charge in [-0.05, 0) is 12.2 Å². The van der Waals surface area contributed by atoms with E-state index in [4.69, 9.17) is 11.6 Å². The number of hydrogen-bond donors (Lipinski definition) is 0. The first-order valence-corrected chi connectivity index (χ1v) is 2.66. The first-order valence-electron chi connectivity index (χ1n) is 2.22. The topological polar surface area (TPSA) is 29.1 Å². The van der Waals surface area contributed by atoms with Crippen LogP contribution in [0.4, 0.5) is 0 Å². The summed E-state index contributed by atoms with van der Waals surface area (Å²) in [6.45, 7) is 5.27. The van der Waals surface area contributed by atoms with E-state index in [-0.39, 0.29) is 12.0 Å². The van der Waals surface area contributed by atoms with Gasteiger partial charge in [-0.25, -0.2) is 4.89 Å². The Morgan fingerprint density at radius 1 is 2.00 bits per heavy atom. The summed E-state index contributed by atoms with van der Waals surface area (Å²) in [6, 6.07) is 0. The van der Waals surface area contributed by atoms with E-state index < -0.39 is 0 Å². The molecule has 0 aromatic carbocycles. The SMILES string of the molecule is C=C(C)C(Cl)CO[O]. The van der Waals surface area contributed by atoms with Crippen LogP contribution in [0, 0.1) is 0 Å². The Balaban J connectivity index is 3.32. The highest BCUT2D eigenvalue weighted by Gasteiger charge is 2.03. The fourth-order valence-corrected chi connectivity index (χ4v) is 0.253. The quantitative estimate of drug-likeness (QED) is 0.250. The molecule has 0 aliphatic rings. The lowest BCUT2D eigenvalue weighted by Gasteiger charge is -2.02. The fourth-order valence-electron chi connectivity index (χ4n) is 0.202. The summed E-state index contributed by atoms with van der Waals surface area (Å²) < 4.78 is 0. The van der Waals surface area contributed by atoms with Crippen LogP contribution in [0.3, 0.4) is 0 Å². The van der Waals surface area contributed by atoms with Crippen molar-refractivity contribution in [3.8, 4) is 0 Å². The maximum absolute atomic E-state index is 9.42. The van der Waals surface area contributed by atoms with E-state index in [2.05, 4.69) is 11.5 Å². The molecule has 1 atom stereocenters. The van der Waals surface area contributed by atoms with Gasteiger partial charge in [0.2, 0.25) is 0 Å². The zero-order valence-electron chi connectivity index (χ0n) is 4.69. The summed E-state index contributed by atoms with van der Waals surface area (Å²) in [5, 5.41) is 9.08. The van der Waals surface area contributed by atoms with Gasteiger partial charge >= 0.3 is 0 Å². The second-order valence-electron chi connectivity index (χ2n) is 1.60. The van der Waals surface area contributed by atoms with Gasteiger partial charge in [0.25, 0.3) is 0 Å². The van der Waals surface area contributed by atoms with Crippen molar-refractivity contribution in [3.63, 3.8) is 0 Å². The van der Waals surface area contributed by atoms with Crippen molar-refractivity contribution >= 4 is 11.6 Å². The molecular formula is C5H8ClO2. The van der Waals surface area contributed by atoms with Gasteiger partial charge in [-0.1, -0.05) is 12.2 Å². The van der Waals surface area contributed by atoms with Crippen molar-refractivity contribution in [3.05, 3.63) is 12.2 Å². The van der Waals surface area contributed by atoms with Gasteiger partial charge in [0.15, 0.2) is 0 Å². The average Bonchev–Trinajstić information content (AvgIpc) is 1.67. The Labute approximate surface area is 53.6 Å². The molecule has 47 valence electrons. The number of hydrogen-bond acceptors (Lipinski definition) is 1. The molecule has 0 aromatic heterocycles. The smallest absolute Gasteiger partial charge is 0.106 e. The molecule has 0 amide bonds. The predicted octanol–water partition coefficient (Wildman–Crippen LogP) is 1.53. The summed E-state index contributed by atoms with van der Waals surface area (Å²) >= 11 is 5.49. The molecular weight excluding hydrogens is 128 g/mol. The minimum Gasteiger partial charge on any atom is -0.202 e. The van der Waals surface area contributed by atoms with Gasteiger partial charge in [0.05, 0.1) is 5.38 Å². The monoisotopic (exact) mass is 135 g/mol. The summed E-state index contributed by atoms with van der Waals surface area (Å²) in [5.74, 6) is 0. The van der Waals surface area contributed by atoms with Crippen LogP contribution in [0.25, 0.3) is 0 Å². The molecule has 0 aromatic rings. The molecule has 0 saturated carbocycles.